The third-order valence-corrected chi connectivity index (χ3v) is 4.38. The summed E-state index contributed by atoms with van der Waals surface area (Å²) in [7, 11) is 1.39. The van der Waals surface area contributed by atoms with Crippen LogP contribution in [-0.4, -0.2) is 60.5 Å². The number of halogens is 1. The first kappa shape index (κ1) is 19.9. The zero-order valence-corrected chi connectivity index (χ0v) is 15.3. The molecule has 0 spiro atoms. The van der Waals surface area contributed by atoms with E-state index in [1.165, 1.54) is 24.1 Å². The Morgan fingerprint density at radius 2 is 2.08 bits per heavy atom. The molecule has 1 saturated heterocycles. The SMILES string of the molecule is COc1ccc(Cl)cc1C(=O)NNC(=O)COC(=O)CN1CCSC1=O. The van der Waals surface area contributed by atoms with Crippen molar-refractivity contribution < 1.29 is 28.7 Å². The first-order chi connectivity index (χ1) is 12.4. The summed E-state index contributed by atoms with van der Waals surface area (Å²) < 4.78 is 9.81. The van der Waals surface area contributed by atoms with Crippen LogP contribution in [-0.2, 0) is 14.3 Å². The minimum atomic E-state index is -0.741. The Bertz CT molecular complexity index is 729. The summed E-state index contributed by atoms with van der Waals surface area (Å²) in [5, 5.41) is 0.125. The summed E-state index contributed by atoms with van der Waals surface area (Å²) in [6, 6.07) is 4.45. The Morgan fingerprint density at radius 1 is 1.31 bits per heavy atom. The molecule has 1 aromatic rings. The van der Waals surface area contributed by atoms with Crippen LogP contribution in [0.5, 0.6) is 5.75 Å². The summed E-state index contributed by atoms with van der Waals surface area (Å²) in [6.07, 6.45) is 0. The molecule has 1 aromatic carbocycles. The number of carbonyl (C=O) groups excluding carboxylic acids is 4. The molecule has 1 fully saturated rings. The molecule has 1 aliphatic heterocycles. The van der Waals surface area contributed by atoms with Crippen molar-refractivity contribution in [2.45, 2.75) is 0 Å². The van der Waals surface area contributed by atoms with Gasteiger partial charge in [0.25, 0.3) is 17.1 Å². The lowest BCUT2D eigenvalue weighted by Crippen LogP contribution is -2.44. The molecule has 1 aliphatic rings. The van der Waals surface area contributed by atoms with Crippen molar-refractivity contribution in [3.05, 3.63) is 28.8 Å². The van der Waals surface area contributed by atoms with Gasteiger partial charge in [-0.25, -0.2) is 0 Å². The molecule has 9 nitrogen and oxygen atoms in total. The summed E-state index contributed by atoms with van der Waals surface area (Å²) >= 11 is 6.95. The Hall–Kier alpha value is -2.46. The normalized spacial score (nSPS) is 13.3. The smallest absolute Gasteiger partial charge is 0.326 e. The van der Waals surface area contributed by atoms with Crippen LogP contribution in [0.2, 0.25) is 5.02 Å². The summed E-state index contributed by atoms with van der Waals surface area (Å²) in [6.45, 7) is -0.353. The Morgan fingerprint density at radius 3 is 2.73 bits per heavy atom. The first-order valence-corrected chi connectivity index (χ1v) is 8.77. The first-order valence-electron chi connectivity index (χ1n) is 7.40. The van der Waals surface area contributed by atoms with E-state index in [1.54, 1.807) is 6.07 Å². The molecule has 2 rings (SSSR count). The van der Waals surface area contributed by atoms with E-state index in [9.17, 15) is 19.2 Å². The fraction of sp³-hybridized carbons (Fsp3) is 0.333. The maximum Gasteiger partial charge on any atom is 0.326 e. The van der Waals surface area contributed by atoms with Gasteiger partial charge in [0.15, 0.2) is 6.61 Å². The number of esters is 1. The Balaban J connectivity index is 1.76. The highest BCUT2D eigenvalue weighted by atomic mass is 35.5. The van der Waals surface area contributed by atoms with Crippen LogP contribution in [0.15, 0.2) is 18.2 Å². The molecule has 0 saturated carbocycles. The van der Waals surface area contributed by atoms with Crippen molar-refractivity contribution in [2.24, 2.45) is 0 Å². The number of carbonyl (C=O) groups is 4. The van der Waals surface area contributed by atoms with E-state index in [4.69, 9.17) is 21.1 Å². The number of nitrogens with one attached hydrogen (secondary N) is 2. The number of hydrogen-bond acceptors (Lipinski definition) is 7. The molecule has 0 bridgehead atoms. The molecule has 2 N–H and O–H groups in total. The number of nitrogens with zero attached hydrogens (tertiary/aromatic N) is 1. The van der Waals surface area contributed by atoms with E-state index in [1.807, 2.05) is 0 Å². The van der Waals surface area contributed by atoms with E-state index in [2.05, 4.69) is 10.9 Å². The van der Waals surface area contributed by atoms with Crippen LogP contribution in [0.4, 0.5) is 4.79 Å². The van der Waals surface area contributed by atoms with Gasteiger partial charge >= 0.3 is 5.97 Å². The van der Waals surface area contributed by atoms with Gasteiger partial charge in [-0.2, -0.15) is 0 Å². The largest absolute Gasteiger partial charge is 0.496 e. The summed E-state index contributed by atoms with van der Waals surface area (Å²) in [5.74, 6) is -1.20. The van der Waals surface area contributed by atoms with Crippen molar-refractivity contribution in [1.82, 2.24) is 15.8 Å². The number of hydrazine groups is 1. The zero-order chi connectivity index (χ0) is 19.1. The zero-order valence-electron chi connectivity index (χ0n) is 13.7. The van der Waals surface area contributed by atoms with E-state index in [-0.39, 0.29) is 23.1 Å². The van der Waals surface area contributed by atoms with Gasteiger partial charge in [0.1, 0.15) is 12.3 Å². The Kier molecular flexibility index (Phi) is 7.10. The highest BCUT2D eigenvalue weighted by Gasteiger charge is 2.24. The van der Waals surface area contributed by atoms with Crippen LogP contribution < -0.4 is 15.6 Å². The number of thioether (sulfide) groups is 1. The van der Waals surface area contributed by atoms with E-state index >= 15 is 0 Å². The number of hydrogen-bond donors (Lipinski definition) is 2. The predicted molar refractivity (Wildman–Crippen MR) is 94.0 cm³/mol. The molecule has 0 radical (unpaired) electrons. The lowest BCUT2D eigenvalue weighted by atomic mass is 10.2. The predicted octanol–water partition coefficient (Wildman–Crippen LogP) is 0.822. The highest BCUT2D eigenvalue weighted by molar-refractivity contribution is 8.13. The van der Waals surface area contributed by atoms with Crippen LogP contribution in [0.1, 0.15) is 10.4 Å². The fourth-order valence-electron chi connectivity index (χ4n) is 2.00. The monoisotopic (exact) mass is 401 g/mol. The third kappa shape index (κ3) is 5.53. The molecular formula is C15H16ClN3O6S. The van der Waals surface area contributed by atoms with Crippen LogP contribution in [0, 0.1) is 0 Å². The lowest BCUT2D eigenvalue weighted by molar-refractivity contribution is -0.149. The molecule has 0 atom stereocenters. The van der Waals surface area contributed by atoms with Crippen LogP contribution in [0.3, 0.4) is 0 Å². The van der Waals surface area contributed by atoms with Gasteiger partial charge in [-0.1, -0.05) is 23.4 Å². The van der Waals surface area contributed by atoms with Crippen molar-refractivity contribution in [3.63, 3.8) is 0 Å². The van der Waals surface area contributed by atoms with Gasteiger partial charge in [-0.05, 0) is 18.2 Å². The number of ether oxygens (including phenoxy) is 2. The molecule has 3 amide bonds. The summed E-state index contributed by atoms with van der Waals surface area (Å²) in [5.41, 5.74) is 4.41. The number of rotatable bonds is 6. The van der Waals surface area contributed by atoms with Gasteiger partial charge in [0.05, 0.1) is 12.7 Å². The average Bonchev–Trinajstić information content (AvgIpc) is 3.02. The van der Waals surface area contributed by atoms with Crippen molar-refractivity contribution in [2.75, 3.05) is 32.6 Å². The number of benzene rings is 1. The number of methoxy groups -OCH3 is 1. The van der Waals surface area contributed by atoms with Gasteiger partial charge in [0.2, 0.25) is 0 Å². The minimum absolute atomic E-state index is 0.127. The quantitative estimate of drug-likeness (QED) is 0.535. The molecule has 0 unspecified atom stereocenters. The molecule has 140 valence electrons. The highest BCUT2D eigenvalue weighted by Crippen LogP contribution is 2.22. The molecular weight excluding hydrogens is 386 g/mol. The molecule has 26 heavy (non-hydrogen) atoms. The standard InChI is InChI=1S/C15H16ClN3O6S/c1-24-11-3-2-9(16)6-10(11)14(22)18-17-12(20)8-25-13(21)7-19-4-5-26-15(19)23/h2-3,6H,4-5,7-8H2,1H3,(H,17,20)(H,18,22). The summed E-state index contributed by atoms with van der Waals surface area (Å²) in [4.78, 5) is 48.0. The van der Waals surface area contributed by atoms with Gasteiger partial charge in [0, 0.05) is 17.3 Å². The average molecular weight is 402 g/mol. The van der Waals surface area contributed by atoms with Gasteiger partial charge in [-0.3, -0.25) is 30.0 Å². The van der Waals surface area contributed by atoms with Crippen LogP contribution in [0.25, 0.3) is 0 Å². The second-order valence-electron chi connectivity index (χ2n) is 5.04. The molecule has 1 heterocycles. The Labute approximate surface area is 158 Å². The molecule has 0 aromatic heterocycles. The maximum atomic E-state index is 12.1. The van der Waals surface area contributed by atoms with Crippen LogP contribution >= 0.6 is 23.4 Å². The van der Waals surface area contributed by atoms with Gasteiger partial charge in [-0.15, -0.1) is 0 Å². The number of amides is 3. The van der Waals surface area contributed by atoms with E-state index in [0.717, 1.165) is 11.8 Å². The molecule has 11 heteroatoms. The second-order valence-corrected chi connectivity index (χ2v) is 6.53. The topological polar surface area (TPSA) is 114 Å². The van der Waals surface area contributed by atoms with E-state index < -0.39 is 24.4 Å². The molecule has 0 aliphatic carbocycles. The van der Waals surface area contributed by atoms with Gasteiger partial charge < -0.3 is 14.4 Å². The lowest BCUT2D eigenvalue weighted by Gasteiger charge is -2.13. The minimum Gasteiger partial charge on any atom is -0.496 e. The van der Waals surface area contributed by atoms with Crippen molar-refractivity contribution in [1.29, 1.82) is 0 Å². The second kappa shape index (κ2) is 9.30. The van der Waals surface area contributed by atoms with Crippen molar-refractivity contribution in [3.8, 4) is 5.75 Å². The third-order valence-electron chi connectivity index (χ3n) is 3.25. The fourth-order valence-corrected chi connectivity index (χ4v) is 3.00. The van der Waals surface area contributed by atoms with Crippen molar-refractivity contribution >= 4 is 46.4 Å². The maximum absolute atomic E-state index is 12.1. The van der Waals surface area contributed by atoms with E-state index in [0.29, 0.717) is 17.3 Å².